The number of hydrogen-bond donors (Lipinski definition) is 0. The van der Waals surface area contributed by atoms with Crippen molar-refractivity contribution >= 4 is 45.4 Å². The van der Waals surface area contributed by atoms with Crippen LogP contribution < -0.4 is 0 Å². The molecule has 4 aromatic rings. The maximum atomic E-state index is 12.8. The molecule has 0 spiro atoms. The molecular weight excluding hydrogens is 326 g/mol. The highest BCUT2D eigenvalue weighted by atomic mass is 32.2. The number of para-hydroxylation sites is 2. The van der Waals surface area contributed by atoms with Gasteiger partial charge in [0.05, 0.1) is 15.9 Å². The summed E-state index contributed by atoms with van der Waals surface area (Å²) in [6.07, 6.45) is 2.03. The highest BCUT2D eigenvalue weighted by Gasteiger charge is 2.25. The van der Waals surface area contributed by atoms with Crippen molar-refractivity contribution in [3.05, 3.63) is 88.8 Å². The highest BCUT2D eigenvalue weighted by molar-refractivity contribution is 8.04. The molecule has 25 heavy (non-hydrogen) atoms. The number of ketones is 1. The van der Waals surface area contributed by atoms with Gasteiger partial charge in [0.15, 0.2) is 0 Å². The second-order valence-electron chi connectivity index (χ2n) is 6.00. The van der Waals surface area contributed by atoms with E-state index in [-0.39, 0.29) is 5.78 Å². The van der Waals surface area contributed by atoms with Crippen LogP contribution in [0.2, 0.25) is 0 Å². The Balaban J connectivity index is 1.79. The monoisotopic (exact) mass is 339 g/mol. The fourth-order valence-corrected chi connectivity index (χ4v) is 4.33. The number of carbonyl (C=O) groups is 1. The first-order valence-corrected chi connectivity index (χ1v) is 8.94. The zero-order valence-corrected chi connectivity index (χ0v) is 14.1. The van der Waals surface area contributed by atoms with Crippen LogP contribution in [0.4, 0.5) is 0 Å². The molecule has 0 bridgehead atoms. The molecule has 0 atom stereocenters. The molecule has 0 aliphatic carbocycles. The van der Waals surface area contributed by atoms with Gasteiger partial charge in [-0.05, 0) is 35.9 Å². The van der Waals surface area contributed by atoms with Crippen molar-refractivity contribution < 1.29 is 4.79 Å². The van der Waals surface area contributed by atoms with Gasteiger partial charge in [-0.3, -0.25) is 4.79 Å². The van der Waals surface area contributed by atoms with Crippen LogP contribution in [-0.4, -0.2) is 10.8 Å². The first-order valence-electron chi connectivity index (χ1n) is 8.12. The Labute approximate surface area is 149 Å². The smallest absolute Gasteiger partial charge is 0.200 e. The van der Waals surface area contributed by atoms with Crippen LogP contribution in [0.15, 0.2) is 82.6 Å². The van der Waals surface area contributed by atoms with Gasteiger partial charge in [0.2, 0.25) is 5.78 Å². The summed E-state index contributed by atoms with van der Waals surface area (Å²) < 4.78 is 0. The third kappa shape index (κ3) is 2.28. The Bertz CT molecular complexity index is 1140. The third-order valence-electron chi connectivity index (χ3n) is 4.48. The Morgan fingerprint density at radius 1 is 0.760 bits per heavy atom. The fraction of sp³-hybridized carbons (Fsp3) is 0. The lowest BCUT2D eigenvalue weighted by Gasteiger charge is -2.08. The molecule has 0 saturated carbocycles. The number of pyridine rings is 1. The van der Waals surface area contributed by atoms with Crippen molar-refractivity contribution in [2.75, 3.05) is 0 Å². The Morgan fingerprint density at radius 2 is 1.36 bits per heavy atom. The van der Waals surface area contributed by atoms with Crippen molar-refractivity contribution in [1.29, 1.82) is 0 Å². The van der Waals surface area contributed by atoms with Crippen LogP contribution in [-0.2, 0) is 0 Å². The van der Waals surface area contributed by atoms with Crippen molar-refractivity contribution in [3.63, 3.8) is 0 Å². The molecule has 2 nitrogen and oxygen atoms in total. The minimum absolute atomic E-state index is 0.102. The fourth-order valence-electron chi connectivity index (χ4n) is 3.30. The number of fused-ring (bicyclic) bond motifs is 3. The number of Topliss-reactive ketones (excluding diaryl/α,β-unsaturated/α-hetero) is 1. The maximum absolute atomic E-state index is 12.8. The molecule has 0 unspecified atom stereocenters. The van der Waals surface area contributed by atoms with E-state index >= 15 is 0 Å². The summed E-state index contributed by atoms with van der Waals surface area (Å²) in [4.78, 5) is 19.3. The van der Waals surface area contributed by atoms with E-state index in [0.717, 1.165) is 42.7 Å². The second-order valence-corrected chi connectivity index (χ2v) is 7.08. The summed E-state index contributed by atoms with van der Waals surface area (Å²) in [6, 6.07) is 24.0. The summed E-state index contributed by atoms with van der Waals surface area (Å²) in [5, 5.41) is 2.14. The van der Waals surface area contributed by atoms with Gasteiger partial charge < -0.3 is 0 Å². The molecule has 3 heteroatoms. The van der Waals surface area contributed by atoms with Gasteiger partial charge in [-0.15, -0.1) is 0 Å². The molecule has 0 N–H and O–H groups in total. The van der Waals surface area contributed by atoms with Gasteiger partial charge in [-0.25, -0.2) is 4.98 Å². The van der Waals surface area contributed by atoms with E-state index in [4.69, 9.17) is 4.98 Å². The van der Waals surface area contributed by atoms with Gasteiger partial charge in [-0.1, -0.05) is 60.3 Å². The van der Waals surface area contributed by atoms with E-state index in [1.807, 2.05) is 66.7 Å². The quantitative estimate of drug-likeness (QED) is 0.328. The first kappa shape index (κ1) is 14.4. The summed E-state index contributed by atoms with van der Waals surface area (Å²) in [5.74, 6) is 0.102. The van der Waals surface area contributed by atoms with E-state index in [0.29, 0.717) is 0 Å². The molecule has 0 fully saturated rings. The molecule has 1 aliphatic heterocycles. The summed E-state index contributed by atoms with van der Waals surface area (Å²) in [7, 11) is 0. The predicted molar refractivity (Wildman–Crippen MR) is 104 cm³/mol. The first-order chi connectivity index (χ1) is 12.3. The van der Waals surface area contributed by atoms with E-state index in [9.17, 15) is 4.79 Å². The zero-order chi connectivity index (χ0) is 16.8. The van der Waals surface area contributed by atoms with Gasteiger partial charge >= 0.3 is 0 Å². The molecule has 3 aromatic carbocycles. The van der Waals surface area contributed by atoms with Crippen molar-refractivity contribution in [2.24, 2.45) is 0 Å². The van der Waals surface area contributed by atoms with Crippen molar-refractivity contribution in [2.45, 2.75) is 4.90 Å². The Kier molecular flexibility index (Phi) is 3.22. The molecule has 0 amide bonds. The van der Waals surface area contributed by atoms with Crippen LogP contribution >= 0.6 is 11.8 Å². The van der Waals surface area contributed by atoms with Crippen LogP contribution in [0.3, 0.4) is 0 Å². The number of hydrogen-bond acceptors (Lipinski definition) is 3. The minimum atomic E-state index is 0.102. The number of allylic oxidation sites excluding steroid dienone is 1. The lowest BCUT2D eigenvalue weighted by atomic mass is 10.0. The Morgan fingerprint density at radius 3 is 2.04 bits per heavy atom. The summed E-state index contributed by atoms with van der Waals surface area (Å²) >= 11 is 1.55. The number of rotatable bonds is 1. The minimum Gasteiger partial charge on any atom is -0.288 e. The van der Waals surface area contributed by atoms with Gasteiger partial charge in [0, 0.05) is 21.2 Å². The maximum Gasteiger partial charge on any atom is 0.200 e. The molecule has 0 saturated heterocycles. The number of thioether (sulfide) groups is 1. The third-order valence-corrected chi connectivity index (χ3v) is 5.58. The topological polar surface area (TPSA) is 30.0 Å². The van der Waals surface area contributed by atoms with Gasteiger partial charge in [0.25, 0.3) is 0 Å². The van der Waals surface area contributed by atoms with Crippen molar-refractivity contribution in [1.82, 2.24) is 4.98 Å². The van der Waals surface area contributed by atoms with Crippen molar-refractivity contribution in [3.8, 4) is 0 Å². The number of nitrogens with zero attached hydrogens (tertiary/aromatic N) is 1. The summed E-state index contributed by atoms with van der Waals surface area (Å²) in [5.41, 5.74) is 3.74. The summed E-state index contributed by atoms with van der Waals surface area (Å²) in [6.45, 7) is 0. The molecule has 1 aliphatic rings. The van der Waals surface area contributed by atoms with Crippen LogP contribution in [0.1, 0.15) is 15.9 Å². The lowest BCUT2D eigenvalue weighted by Crippen LogP contribution is -1.94. The van der Waals surface area contributed by atoms with Crippen LogP contribution in [0, 0.1) is 0 Å². The van der Waals surface area contributed by atoms with E-state index in [1.54, 1.807) is 11.8 Å². The van der Waals surface area contributed by atoms with Gasteiger partial charge in [0.1, 0.15) is 0 Å². The predicted octanol–water partition coefficient (Wildman–Crippen LogP) is 5.72. The second kappa shape index (κ2) is 5.57. The largest absolute Gasteiger partial charge is 0.288 e. The number of aromatic nitrogens is 1. The van der Waals surface area contributed by atoms with E-state index < -0.39 is 0 Å². The standard InChI is InChI=1S/C22H13NOS/c24-22-16-9-3-6-12-20(16)25-21(22)13-17-14-7-1-4-10-18(14)23-19-11-5-2-8-15(17)19/h1-13H. The Hall–Kier alpha value is -2.91. The number of carbonyl (C=O) groups excluding carboxylic acids is 1. The van der Waals surface area contributed by atoms with E-state index in [1.165, 1.54) is 0 Å². The molecule has 5 rings (SSSR count). The highest BCUT2D eigenvalue weighted by Crippen LogP contribution is 2.41. The molecule has 118 valence electrons. The van der Waals surface area contributed by atoms with Crippen LogP contribution in [0.5, 0.6) is 0 Å². The number of benzene rings is 3. The average Bonchev–Trinajstić information content (AvgIpc) is 2.97. The molecule has 2 heterocycles. The molecule has 0 radical (unpaired) electrons. The van der Waals surface area contributed by atoms with Gasteiger partial charge in [-0.2, -0.15) is 0 Å². The molecule has 1 aromatic heterocycles. The molecular formula is C22H13NOS. The SMILES string of the molecule is O=C1C(=Cc2c3ccccc3nc3ccccc23)Sc2ccccc21. The van der Waals surface area contributed by atoms with E-state index in [2.05, 4.69) is 12.1 Å². The zero-order valence-electron chi connectivity index (χ0n) is 13.3. The van der Waals surface area contributed by atoms with Crippen LogP contribution in [0.25, 0.3) is 27.9 Å². The average molecular weight is 339 g/mol. The normalized spacial score (nSPS) is 15.2. The lowest BCUT2D eigenvalue weighted by molar-refractivity contribution is 0.104.